The maximum absolute atomic E-state index is 12.2. The lowest BCUT2D eigenvalue weighted by Gasteiger charge is -2.27. The highest BCUT2D eigenvalue weighted by Gasteiger charge is 2.43. The van der Waals surface area contributed by atoms with Gasteiger partial charge in [0.2, 0.25) is 11.2 Å². The zero-order valence-corrected chi connectivity index (χ0v) is 43.1. The molecule has 0 aromatic heterocycles. The van der Waals surface area contributed by atoms with Crippen LogP contribution in [0.15, 0.2) is 0 Å². The minimum Gasteiger partial charge on any atom is -0.464 e. The van der Waals surface area contributed by atoms with Crippen molar-refractivity contribution in [3.63, 3.8) is 0 Å². The van der Waals surface area contributed by atoms with E-state index < -0.39 is 114 Å². The molecule has 23 heteroatoms. The van der Waals surface area contributed by atoms with Crippen LogP contribution in [0.4, 0.5) is 4.79 Å². The first-order valence-electron chi connectivity index (χ1n) is 22.9. The number of esters is 8. The fourth-order valence-corrected chi connectivity index (χ4v) is 4.20. The Labute approximate surface area is 405 Å². The third kappa shape index (κ3) is 31.7. The fourth-order valence-electron chi connectivity index (χ4n) is 4.20. The van der Waals surface area contributed by atoms with Crippen LogP contribution in [0.5, 0.6) is 0 Å². The fraction of sp³-hybridized carbons (Fsp3) is 0.804. The highest BCUT2D eigenvalue weighted by atomic mass is 16.8. The van der Waals surface area contributed by atoms with Crippen LogP contribution >= 0.6 is 0 Å². The van der Waals surface area contributed by atoms with Gasteiger partial charge < -0.3 is 67.8 Å². The van der Waals surface area contributed by atoms with Crippen LogP contribution in [-0.2, 0) is 85.7 Å². The first-order chi connectivity index (χ1) is 31.7. The third-order valence-corrected chi connectivity index (χ3v) is 8.67. The molecule has 2 heterocycles. The molecule has 2 saturated heterocycles. The Hall–Kier alpha value is -4.97. The SMILES string of the molecule is CC1(C)OC(=O)OC1=O.CC1OC(=O)C(C)OC1=O.CCCCCO.CCCCCOC(=O)C(C)OC(=O)C(C)OC(=O)C(C)(C)OC(=O)C(C)(C)O.CCCCCOC(=O)C(C)OC(O)C(C)O. The van der Waals surface area contributed by atoms with Crippen molar-refractivity contribution in [3.05, 3.63) is 0 Å². The Bertz CT molecular complexity index is 1560. The standard InChI is InChI=1S/C19H32O9.C11H22O5.C6H8O4.C5H6O4.C5H12O/c1-8-9-10-11-25-14(20)12(2)26-15(21)13(3)27-17(23)19(6,7)28-16(22)18(4,5)24;1-4-5-6-7-15-11(14)9(3)16-10(13)8(2)12;1-3-5(7)10-4(2)6(8)9-3;1-5(2)3(6)8-4(7)9-5;1-2-3-4-5-6/h12-13,24H,8-11H2,1-7H3;8-10,12-13H,4-7H2,1-3H3;3-4H,1-2H3;1-2H3;6H,2-5H2,1H3. The highest BCUT2D eigenvalue weighted by molar-refractivity contribution is 5.93. The van der Waals surface area contributed by atoms with Crippen LogP contribution in [0.3, 0.4) is 0 Å². The first-order valence-corrected chi connectivity index (χ1v) is 22.9. The van der Waals surface area contributed by atoms with E-state index in [-0.39, 0.29) is 6.61 Å². The smallest absolute Gasteiger partial charge is 0.464 e. The Morgan fingerprint density at radius 1 is 0.652 bits per heavy atom. The summed E-state index contributed by atoms with van der Waals surface area (Å²) in [4.78, 5) is 101. The van der Waals surface area contributed by atoms with Gasteiger partial charge in [0.25, 0.3) is 0 Å². The molecule has 0 aromatic rings. The van der Waals surface area contributed by atoms with Gasteiger partial charge in [-0.1, -0.05) is 59.3 Å². The van der Waals surface area contributed by atoms with E-state index >= 15 is 0 Å². The van der Waals surface area contributed by atoms with Crippen molar-refractivity contribution in [1.29, 1.82) is 0 Å². The molecule has 4 N–H and O–H groups in total. The van der Waals surface area contributed by atoms with E-state index in [4.69, 9.17) is 38.6 Å². The van der Waals surface area contributed by atoms with Gasteiger partial charge in [0.15, 0.2) is 42.4 Å². The van der Waals surface area contributed by atoms with Crippen molar-refractivity contribution < 1.29 is 111 Å². The molecular weight excluding hydrogens is 920 g/mol. The third-order valence-electron chi connectivity index (χ3n) is 8.67. The van der Waals surface area contributed by atoms with Crippen LogP contribution in [0.25, 0.3) is 0 Å². The summed E-state index contributed by atoms with van der Waals surface area (Å²) in [5, 5.41) is 35.9. The van der Waals surface area contributed by atoms with E-state index in [0.717, 1.165) is 51.4 Å². The van der Waals surface area contributed by atoms with Crippen molar-refractivity contribution in [2.24, 2.45) is 0 Å². The molecule has 2 fully saturated rings. The van der Waals surface area contributed by atoms with Gasteiger partial charge in [0.1, 0.15) is 6.10 Å². The van der Waals surface area contributed by atoms with Gasteiger partial charge in [-0.05, 0) is 102 Å². The Balaban J connectivity index is -0.000000885. The number of hydrogen-bond acceptors (Lipinski definition) is 23. The second-order valence-electron chi connectivity index (χ2n) is 17.1. The maximum Gasteiger partial charge on any atom is 0.517 e. The van der Waals surface area contributed by atoms with Crippen LogP contribution in [0, 0.1) is 0 Å². The summed E-state index contributed by atoms with van der Waals surface area (Å²) >= 11 is 0. The number of unbranched alkanes of at least 4 members (excludes halogenated alkanes) is 6. The molecule has 2 rings (SSSR count). The van der Waals surface area contributed by atoms with E-state index in [0.29, 0.717) is 13.2 Å². The number of cyclic esters (lactones) is 5. The summed E-state index contributed by atoms with van der Waals surface area (Å²) < 4.78 is 47.3. The molecule has 7 atom stereocenters. The predicted octanol–water partition coefficient (Wildman–Crippen LogP) is 3.99. The maximum atomic E-state index is 12.2. The summed E-state index contributed by atoms with van der Waals surface area (Å²) in [6.07, 6.45) is 0.672. The summed E-state index contributed by atoms with van der Waals surface area (Å²) in [7, 11) is 0. The van der Waals surface area contributed by atoms with Crippen LogP contribution in [0.1, 0.15) is 162 Å². The van der Waals surface area contributed by atoms with Crippen molar-refractivity contribution in [3.8, 4) is 0 Å². The number of carbonyl (C=O) groups is 9. The Morgan fingerprint density at radius 2 is 1.07 bits per heavy atom. The van der Waals surface area contributed by atoms with Crippen LogP contribution in [0.2, 0.25) is 0 Å². The quantitative estimate of drug-likeness (QED) is 0.0392. The topological polar surface area (TPSA) is 327 Å². The van der Waals surface area contributed by atoms with Gasteiger partial charge in [-0.15, -0.1) is 0 Å². The lowest BCUT2D eigenvalue weighted by Crippen LogP contribution is -2.46. The number of rotatable bonds is 22. The Kier molecular flexibility index (Phi) is 34.8. The number of aliphatic hydroxyl groups excluding tert-OH is 3. The lowest BCUT2D eigenvalue weighted by molar-refractivity contribution is -0.197. The van der Waals surface area contributed by atoms with Crippen molar-refractivity contribution in [1.82, 2.24) is 0 Å². The molecule has 0 radical (unpaired) electrons. The minimum atomic E-state index is -1.80. The summed E-state index contributed by atoms with van der Waals surface area (Å²) in [5.74, 6) is -5.78. The number of aliphatic hydroxyl groups is 4. The molecule has 2 aliphatic rings. The van der Waals surface area contributed by atoms with Gasteiger partial charge >= 0.3 is 53.9 Å². The summed E-state index contributed by atoms with van der Waals surface area (Å²) in [6.45, 7) is 23.5. The van der Waals surface area contributed by atoms with Crippen molar-refractivity contribution >= 4 is 53.9 Å². The molecule has 0 aliphatic carbocycles. The molecule has 0 spiro atoms. The van der Waals surface area contributed by atoms with Gasteiger partial charge in [0.05, 0.1) is 13.2 Å². The monoisotopic (exact) mass is 1000 g/mol. The molecule has 0 saturated carbocycles. The average molecular weight is 1000 g/mol. The first kappa shape index (κ1) is 68.3. The molecule has 402 valence electrons. The van der Waals surface area contributed by atoms with Crippen LogP contribution in [-0.4, -0.2) is 154 Å². The Morgan fingerprint density at radius 3 is 1.41 bits per heavy atom. The normalized spacial score (nSPS) is 18.1. The molecule has 7 unspecified atom stereocenters. The number of carbonyl (C=O) groups excluding carboxylic acids is 9. The van der Waals surface area contributed by atoms with Crippen molar-refractivity contribution in [2.75, 3.05) is 19.8 Å². The summed E-state index contributed by atoms with van der Waals surface area (Å²) in [6, 6.07) is 0. The van der Waals surface area contributed by atoms with Gasteiger partial charge in [0, 0.05) is 6.61 Å². The zero-order chi connectivity index (χ0) is 54.3. The molecule has 0 bridgehead atoms. The van der Waals surface area contributed by atoms with E-state index in [2.05, 4.69) is 32.8 Å². The molecule has 69 heavy (non-hydrogen) atoms. The summed E-state index contributed by atoms with van der Waals surface area (Å²) in [5.41, 5.74) is -4.62. The number of hydrogen-bond donors (Lipinski definition) is 4. The second-order valence-corrected chi connectivity index (χ2v) is 17.1. The molecule has 0 aromatic carbocycles. The second kappa shape index (κ2) is 35.2. The zero-order valence-electron chi connectivity index (χ0n) is 43.1. The van der Waals surface area contributed by atoms with Gasteiger partial charge in [-0.3, -0.25) is 0 Å². The molecule has 23 nitrogen and oxygen atoms in total. The molecule has 0 amide bonds. The van der Waals surface area contributed by atoms with Crippen molar-refractivity contribution in [2.45, 2.75) is 221 Å². The lowest BCUT2D eigenvalue weighted by atomic mass is 10.1. The van der Waals surface area contributed by atoms with Gasteiger partial charge in [-0.25, -0.2) is 43.2 Å². The van der Waals surface area contributed by atoms with Crippen LogP contribution < -0.4 is 0 Å². The van der Waals surface area contributed by atoms with E-state index in [1.165, 1.54) is 89.5 Å². The largest absolute Gasteiger partial charge is 0.517 e. The molecular formula is C46H80O23. The minimum absolute atomic E-state index is 0.236. The van der Waals surface area contributed by atoms with Gasteiger partial charge in [-0.2, -0.15) is 0 Å². The van der Waals surface area contributed by atoms with E-state index in [1.807, 2.05) is 6.92 Å². The molecule has 2 aliphatic heterocycles. The van der Waals surface area contributed by atoms with E-state index in [1.54, 1.807) is 0 Å². The number of ether oxygens (including phenoxy) is 10. The highest BCUT2D eigenvalue weighted by Crippen LogP contribution is 2.20. The average Bonchev–Trinajstić information content (AvgIpc) is 3.49. The predicted molar refractivity (Wildman–Crippen MR) is 241 cm³/mol. The van der Waals surface area contributed by atoms with E-state index in [9.17, 15) is 53.4 Å².